The van der Waals surface area contributed by atoms with Gasteiger partial charge in [-0.15, -0.1) is 11.3 Å². The molecule has 86 valence electrons. The summed E-state index contributed by atoms with van der Waals surface area (Å²) in [5.41, 5.74) is -0.160. The quantitative estimate of drug-likeness (QED) is 0.783. The largest absolute Gasteiger partial charge is 0.394 e. The zero-order valence-corrected chi connectivity index (χ0v) is 10.5. The SMILES string of the molecule is CCCC(C)(CO)NCc1cnc(C)s1. The summed E-state index contributed by atoms with van der Waals surface area (Å²) in [7, 11) is 0. The lowest BCUT2D eigenvalue weighted by molar-refractivity contribution is 0.163. The second kappa shape index (κ2) is 5.58. The molecule has 3 nitrogen and oxygen atoms in total. The molecule has 1 aromatic heterocycles. The Hall–Kier alpha value is -0.450. The van der Waals surface area contributed by atoms with Crippen LogP contribution >= 0.6 is 11.3 Å². The molecular weight excluding hydrogens is 208 g/mol. The number of aromatic nitrogens is 1. The molecule has 1 unspecified atom stereocenters. The van der Waals surface area contributed by atoms with Crippen molar-refractivity contribution < 1.29 is 5.11 Å². The molecule has 0 fully saturated rings. The summed E-state index contributed by atoms with van der Waals surface area (Å²) in [6.07, 6.45) is 3.96. The van der Waals surface area contributed by atoms with Crippen LogP contribution in [-0.4, -0.2) is 22.2 Å². The lowest BCUT2D eigenvalue weighted by Crippen LogP contribution is -2.44. The fourth-order valence-corrected chi connectivity index (χ4v) is 2.30. The zero-order chi connectivity index (χ0) is 11.3. The maximum atomic E-state index is 9.32. The van der Waals surface area contributed by atoms with Crippen molar-refractivity contribution in [3.63, 3.8) is 0 Å². The molecule has 0 saturated heterocycles. The molecule has 0 bridgehead atoms. The highest BCUT2D eigenvalue weighted by Gasteiger charge is 2.21. The van der Waals surface area contributed by atoms with Gasteiger partial charge in [-0.2, -0.15) is 0 Å². The number of rotatable bonds is 6. The molecular formula is C11H20N2OS. The van der Waals surface area contributed by atoms with Crippen LogP contribution in [-0.2, 0) is 6.54 Å². The second-order valence-corrected chi connectivity index (χ2v) is 5.49. The molecule has 1 rings (SSSR count). The Morgan fingerprint density at radius 2 is 2.33 bits per heavy atom. The van der Waals surface area contributed by atoms with Crippen LogP contribution in [0.15, 0.2) is 6.20 Å². The maximum Gasteiger partial charge on any atom is 0.0897 e. The molecule has 1 heterocycles. The molecule has 0 spiro atoms. The van der Waals surface area contributed by atoms with Gasteiger partial charge in [-0.3, -0.25) is 0 Å². The first-order valence-electron chi connectivity index (χ1n) is 5.37. The smallest absolute Gasteiger partial charge is 0.0897 e. The van der Waals surface area contributed by atoms with Crippen molar-refractivity contribution in [2.45, 2.75) is 45.7 Å². The Kier molecular flexibility index (Phi) is 4.70. The Morgan fingerprint density at radius 3 is 2.80 bits per heavy atom. The molecule has 15 heavy (non-hydrogen) atoms. The lowest BCUT2D eigenvalue weighted by Gasteiger charge is -2.28. The van der Waals surface area contributed by atoms with Crippen LogP contribution in [0.5, 0.6) is 0 Å². The van der Waals surface area contributed by atoms with E-state index in [0.717, 1.165) is 24.4 Å². The van der Waals surface area contributed by atoms with Crippen LogP contribution < -0.4 is 5.32 Å². The van der Waals surface area contributed by atoms with Gasteiger partial charge in [0.25, 0.3) is 0 Å². The fraction of sp³-hybridized carbons (Fsp3) is 0.727. The first-order valence-corrected chi connectivity index (χ1v) is 6.18. The standard InChI is InChI=1S/C11H20N2OS/c1-4-5-11(3,8-14)13-7-10-6-12-9(2)15-10/h6,13-14H,4-5,7-8H2,1-3H3. The Bertz CT molecular complexity index is 301. The molecule has 0 saturated carbocycles. The van der Waals surface area contributed by atoms with E-state index in [9.17, 15) is 5.11 Å². The molecule has 2 N–H and O–H groups in total. The Balaban J connectivity index is 2.47. The third-order valence-corrected chi connectivity index (χ3v) is 3.42. The van der Waals surface area contributed by atoms with Crippen molar-refractivity contribution in [1.82, 2.24) is 10.3 Å². The number of hydrogen-bond donors (Lipinski definition) is 2. The Labute approximate surface area is 95.6 Å². The summed E-state index contributed by atoms with van der Waals surface area (Å²) in [5.74, 6) is 0. The van der Waals surface area contributed by atoms with Crippen molar-refractivity contribution in [2.75, 3.05) is 6.61 Å². The van der Waals surface area contributed by atoms with Crippen molar-refractivity contribution in [2.24, 2.45) is 0 Å². The first-order chi connectivity index (χ1) is 7.09. The van der Waals surface area contributed by atoms with E-state index in [1.54, 1.807) is 11.3 Å². The molecule has 0 radical (unpaired) electrons. The van der Waals surface area contributed by atoms with Crippen molar-refractivity contribution >= 4 is 11.3 Å². The number of hydrogen-bond acceptors (Lipinski definition) is 4. The van der Waals surface area contributed by atoms with E-state index in [0.29, 0.717) is 0 Å². The number of aliphatic hydroxyl groups is 1. The maximum absolute atomic E-state index is 9.32. The number of aliphatic hydroxyl groups excluding tert-OH is 1. The highest BCUT2D eigenvalue weighted by Crippen LogP contribution is 2.15. The predicted molar refractivity (Wildman–Crippen MR) is 64.1 cm³/mol. The van der Waals surface area contributed by atoms with Crippen LogP contribution in [0.2, 0.25) is 0 Å². The number of nitrogens with one attached hydrogen (secondary N) is 1. The molecule has 4 heteroatoms. The normalized spacial score (nSPS) is 15.2. The van der Waals surface area contributed by atoms with E-state index in [4.69, 9.17) is 0 Å². The minimum Gasteiger partial charge on any atom is -0.394 e. The van der Waals surface area contributed by atoms with Crippen LogP contribution in [0.1, 0.15) is 36.6 Å². The molecule has 0 amide bonds. The van der Waals surface area contributed by atoms with E-state index in [2.05, 4.69) is 24.1 Å². The molecule has 1 aromatic rings. The number of aryl methyl sites for hydroxylation is 1. The van der Waals surface area contributed by atoms with E-state index in [-0.39, 0.29) is 12.1 Å². The van der Waals surface area contributed by atoms with Crippen LogP contribution in [0.3, 0.4) is 0 Å². The summed E-state index contributed by atoms with van der Waals surface area (Å²) < 4.78 is 0. The third kappa shape index (κ3) is 3.89. The summed E-state index contributed by atoms with van der Waals surface area (Å²) in [6.45, 7) is 7.17. The summed E-state index contributed by atoms with van der Waals surface area (Å²) in [6, 6.07) is 0. The summed E-state index contributed by atoms with van der Waals surface area (Å²) in [5, 5.41) is 13.8. The number of thiazole rings is 1. The Morgan fingerprint density at radius 1 is 1.60 bits per heavy atom. The average Bonchev–Trinajstić information content (AvgIpc) is 2.62. The number of nitrogens with zero attached hydrogens (tertiary/aromatic N) is 1. The molecule has 1 atom stereocenters. The van der Waals surface area contributed by atoms with Crippen LogP contribution in [0, 0.1) is 6.92 Å². The van der Waals surface area contributed by atoms with Crippen molar-refractivity contribution in [3.05, 3.63) is 16.1 Å². The fourth-order valence-electron chi connectivity index (χ4n) is 1.56. The minimum atomic E-state index is -0.160. The monoisotopic (exact) mass is 228 g/mol. The van der Waals surface area contributed by atoms with Gasteiger partial charge in [-0.05, 0) is 20.3 Å². The summed E-state index contributed by atoms with van der Waals surface area (Å²) >= 11 is 1.70. The first kappa shape index (κ1) is 12.6. The van der Waals surface area contributed by atoms with Gasteiger partial charge in [0.1, 0.15) is 0 Å². The van der Waals surface area contributed by atoms with Crippen LogP contribution in [0.25, 0.3) is 0 Å². The van der Waals surface area contributed by atoms with E-state index >= 15 is 0 Å². The predicted octanol–water partition coefficient (Wildman–Crippen LogP) is 2.09. The van der Waals surface area contributed by atoms with Gasteiger partial charge in [-0.1, -0.05) is 13.3 Å². The van der Waals surface area contributed by atoms with Gasteiger partial charge in [0, 0.05) is 23.2 Å². The van der Waals surface area contributed by atoms with E-state index in [1.807, 2.05) is 13.1 Å². The highest BCUT2D eigenvalue weighted by molar-refractivity contribution is 7.11. The van der Waals surface area contributed by atoms with E-state index in [1.165, 1.54) is 4.88 Å². The van der Waals surface area contributed by atoms with Crippen molar-refractivity contribution in [3.8, 4) is 0 Å². The zero-order valence-electron chi connectivity index (χ0n) is 9.71. The topological polar surface area (TPSA) is 45.1 Å². The lowest BCUT2D eigenvalue weighted by atomic mass is 9.97. The van der Waals surface area contributed by atoms with Gasteiger partial charge >= 0.3 is 0 Å². The van der Waals surface area contributed by atoms with Gasteiger partial charge in [-0.25, -0.2) is 4.98 Å². The highest BCUT2D eigenvalue weighted by atomic mass is 32.1. The molecule has 0 aliphatic heterocycles. The summed E-state index contributed by atoms with van der Waals surface area (Å²) in [4.78, 5) is 5.43. The average molecular weight is 228 g/mol. The third-order valence-electron chi connectivity index (χ3n) is 2.51. The molecule has 0 aliphatic rings. The van der Waals surface area contributed by atoms with Crippen molar-refractivity contribution in [1.29, 1.82) is 0 Å². The van der Waals surface area contributed by atoms with Crippen LogP contribution in [0.4, 0.5) is 0 Å². The van der Waals surface area contributed by atoms with Gasteiger partial charge in [0.05, 0.1) is 11.6 Å². The van der Waals surface area contributed by atoms with E-state index < -0.39 is 0 Å². The molecule has 0 aromatic carbocycles. The van der Waals surface area contributed by atoms with Gasteiger partial charge in [0.2, 0.25) is 0 Å². The van der Waals surface area contributed by atoms with Gasteiger partial charge in [0.15, 0.2) is 0 Å². The van der Waals surface area contributed by atoms with Gasteiger partial charge < -0.3 is 10.4 Å². The second-order valence-electron chi connectivity index (χ2n) is 4.17. The minimum absolute atomic E-state index is 0.160. The molecule has 0 aliphatic carbocycles.